The minimum Gasteiger partial charge on any atom is -0.492 e. The van der Waals surface area contributed by atoms with Gasteiger partial charge in [0.25, 0.3) is 0 Å². The summed E-state index contributed by atoms with van der Waals surface area (Å²) in [6, 6.07) is 12.3. The normalized spacial score (nSPS) is 11.2. The van der Waals surface area contributed by atoms with Gasteiger partial charge in [0.2, 0.25) is 0 Å². The van der Waals surface area contributed by atoms with Crippen molar-refractivity contribution in [1.29, 1.82) is 0 Å². The number of ether oxygens (including phenoxy) is 2. The summed E-state index contributed by atoms with van der Waals surface area (Å²) in [5.41, 5.74) is 1.12. The number of methoxy groups -OCH3 is 1. The topological polar surface area (TPSA) is 58.1 Å². The number of guanidine groups is 1. The van der Waals surface area contributed by atoms with Crippen LogP contribution in [-0.4, -0.2) is 57.9 Å². The number of thiophene rings is 1. The first kappa shape index (κ1) is 25.7. The summed E-state index contributed by atoms with van der Waals surface area (Å²) >= 11 is 1.74. The first-order valence-electron chi connectivity index (χ1n) is 9.65. The van der Waals surface area contributed by atoms with Gasteiger partial charge < -0.3 is 25.0 Å². The molecule has 0 aliphatic carbocycles. The number of rotatable bonds is 12. The van der Waals surface area contributed by atoms with E-state index in [1.165, 1.54) is 4.88 Å². The number of likely N-dealkylation sites (N-methyl/N-ethyl adjacent to an activating group) is 1. The molecule has 8 heteroatoms. The van der Waals surface area contributed by atoms with Crippen molar-refractivity contribution in [3.05, 3.63) is 52.2 Å². The summed E-state index contributed by atoms with van der Waals surface area (Å²) in [5.74, 6) is 1.70. The molecule has 29 heavy (non-hydrogen) atoms. The average molecular weight is 532 g/mol. The first-order chi connectivity index (χ1) is 13.7. The van der Waals surface area contributed by atoms with Crippen molar-refractivity contribution < 1.29 is 9.47 Å². The maximum absolute atomic E-state index is 5.89. The number of nitrogens with zero attached hydrogens (tertiary/aromatic N) is 2. The molecule has 0 aliphatic heterocycles. The van der Waals surface area contributed by atoms with Crippen LogP contribution in [0.25, 0.3) is 0 Å². The fourth-order valence-electron chi connectivity index (χ4n) is 2.51. The summed E-state index contributed by atoms with van der Waals surface area (Å²) < 4.78 is 11.0. The molecule has 0 bridgehead atoms. The van der Waals surface area contributed by atoms with Crippen molar-refractivity contribution in [2.75, 3.05) is 47.0 Å². The lowest BCUT2D eigenvalue weighted by atomic mass is 10.2. The Kier molecular flexibility index (Phi) is 13.7. The molecule has 0 spiro atoms. The SMILES string of the molecule is CCNC(=NCc1cccc(OCCN(C)CCOC)c1)NCc1cccs1.I. The molecule has 0 saturated heterocycles. The molecule has 1 heterocycles. The third-order valence-electron chi connectivity index (χ3n) is 4.09. The van der Waals surface area contributed by atoms with Gasteiger partial charge in [-0.1, -0.05) is 18.2 Å². The van der Waals surface area contributed by atoms with Crippen molar-refractivity contribution in [3.8, 4) is 5.75 Å². The summed E-state index contributed by atoms with van der Waals surface area (Å²) in [4.78, 5) is 8.17. The van der Waals surface area contributed by atoms with Crippen molar-refractivity contribution in [1.82, 2.24) is 15.5 Å². The molecule has 0 fully saturated rings. The van der Waals surface area contributed by atoms with Crippen LogP contribution >= 0.6 is 35.3 Å². The average Bonchev–Trinajstić information content (AvgIpc) is 3.22. The lowest BCUT2D eigenvalue weighted by Gasteiger charge is -2.16. The van der Waals surface area contributed by atoms with Crippen LogP contribution in [0.5, 0.6) is 5.75 Å². The molecular formula is C21H33IN4O2S. The highest BCUT2D eigenvalue weighted by atomic mass is 127. The maximum Gasteiger partial charge on any atom is 0.191 e. The minimum absolute atomic E-state index is 0. The van der Waals surface area contributed by atoms with E-state index in [9.17, 15) is 0 Å². The third-order valence-corrected chi connectivity index (χ3v) is 4.97. The molecule has 1 aromatic heterocycles. The van der Waals surface area contributed by atoms with Crippen molar-refractivity contribution >= 4 is 41.3 Å². The van der Waals surface area contributed by atoms with Gasteiger partial charge in [-0.25, -0.2) is 4.99 Å². The van der Waals surface area contributed by atoms with E-state index in [1.54, 1.807) is 18.4 Å². The van der Waals surface area contributed by atoms with Gasteiger partial charge in [-0.3, -0.25) is 0 Å². The summed E-state index contributed by atoms with van der Waals surface area (Å²) in [6.45, 7) is 7.43. The Bertz CT molecular complexity index is 698. The zero-order chi connectivity index (χ0) is 20.0. The zero-order valence-electron chi connectivity index (χ0n) is 17.5. The van der Waals surface area contributed by atoms with Crippen LogP contribution < -0.4 is 15.4 Å². The predicted molar refractivity (Wildman–Crippen MR) is 133 cm³/mol. The molecule has 0 atom stereocenters. The smallest absolute Gasteiger partial charge is 0.191 e. The Balaban J connectivity index is 0.00000420. The van der Waals surface area contributed by atoms with Gasteiger partial charge in [0.1, 0.15) is 12.4 Å². The lowest BCUT2D eigenvalue weighted by molar-refractivity contribution is 0.150. The van der Waals surface area contributed by atoms with Crippen LogP contribution in [0.2, 0.25) is 0 Å². The molecular weight excluding hydrogens is 499 g/mol. The first-order valence-corrected chi connectivity index (χ1v) is 10.5. The van der Waals surface area contributed by atoms with Gasteiger partial charge in [0.05, 0.1) is 19.7 Å². The maximum atomic E-state index is 5.89. The summed E-state index contributed by atoms with van der Waals surface area (Å²) in [7, 11) is 3.79. The van der Waals surface area contributed by atoms with E-state index in [0.29, 0.717) is 13.2 Å². The number of aliphatic imine (C=N–C) groups is 1. The Morgan fingerprint density at radius 2 is 1.97 bits per heavy atom. The number of hydrogen-bond acceptors (Lipinski definition) is 5. The quantitative estimate of drug-likeness (QED) is 0.249. The Hall–Kier alpha value is -1.36. The van der Waals surface area contributed by atoms with E-state index in [2.05, 4.69) is 64.1 Å². The predicted octanol–water partition coefficient (Wildman–Crippen LogP) is 3.58. The fourth-order valence-corrected chi connectivity index (χ4v) is 3.15. The molecule has 6 nitrogen and oxygen atoms in total. The fraction of sp³-hybridized carbons (Fsp3) is 0.476. The van der Waals surface area contributed by atoms with Crippen LogP contribution in [0.4, 0.5) is 0 Å². The molecule has 1 aromatic carbocycles. The molecule has 0 unspecified atom stereocenters. The van der Waals surface area contributed by atoms with Crippen molar-refractivity contribution in [3.63, 3.8) is 0 Å². The Morgan fingerprint density at radius 3 is 2.69 bits per heavy atom. The molecule has 2 aromatic rings. The number of hydrogen-bond donors (Lipinski definition) is 2. The molecule has 2 rings (SSSR count). The highest BCUT2D eigenvalue weighted by molar-refractivity contribution is 14.0. The standard InChI is InChI=1S/C21H32N4O2S.HI/c1-4-22-21(24-17-20-9-6-14-28-20)23-16-18-7-5-8-19(15-18)27-13-11-25(2)10-12-26-3;/h5-9,14-15H,4,10-13,16-17H2,1-3H3,(H2,22,23,24);1H. The van der Waals surface area contributed by atoms with Crippen LogP contribution in [0, 0.1) is 0 Å². The molecule has 0 aliphatic rings. The van der Waals surface area contributed by atoms with Gasteiger partial charge in [0.15, 0.2) is 5.96 Å². The van der Waals surface area contributed by atoms with E-state index in [4.69, 9.17) is 9.47 Å². The largest absolute Gasteiger partial charge is 0.492 e. The zero-order valence-corrected chi connectivity index (χ0v) is 20.7. The molecule has 0 amide bonds. The van der Waals surface area contributed by atoms with E-state index in [0.717, 1.165) is 50.1 Å². The van der Waals surface area contributed by atoms with E-state index in [1.807, 2.05) is 12.1 Å². The third kappa shape index (κ3) is 10.8. The summed E-state index contributed by atoms with van der Waals surface area (Å²) in [6.07, 6.45) is 0. The second-order valence-corrected chi connectivity index (χ2v) is 7.45. The second-order valence-electron chi connectivity index (χ2n) is 6.42. The van der Waals surface area contributed by atoms with Gasteiger partial charge in [-0.15, -0.1) is 35.3 Å². The highest BCUT2D eigenvalue weighted by Gasteiger charge is 2.02. The van der Waals surface area contributed by atoms with Crippen LogP contribution in [0.1, 0.15) is 17.4 Å². The Morgan fingerprint density at radius 1 is 1.14 bits per heavy atom. The molecule has 0 radical (unpaired) electrons. The monoisotopic (exact) mass is 532 g/mol. The van der Waals surface area contributed by atoms with Gasteiger partial charge in [0, 0.05) is 31.6 Å². The Labute approximate surface area is 195 Å². The van der Waals surface area contributed by atoms with Crippen molar-refractivity contribution in [2.24, 2.45) is 4.99 Å². The minimum atomic E-state index is 0. The van der Waals surface area contributed by atoms with Gasteiger partial charge >= 0.3 is 0 Å². The number of nitrogens with one attached hydrogen (secondary N) is 2. The summed E-state index contributed by atoms with van der Waals surface area (Å²) in [5, 5.41) is 8.75. The molecule has 162 valence electrons. The van der Waals surface area contributed by atoms with Gasteiger partial charge in [-0.2, -0.15) is 0 Å². The van der Waals surface area contributed by atoms with Gasteiger partial charge in [-0.05, 0) is 43.1 Å². The number of benzene rings is 1. The van der Waals surface area contributed by atoms with Crippen LogP contribution in [0.15, 0.2) is 46.8 Å². The lowest BCUT2D eigenvalue weighted by Crippen LogP contribution is -2.36. The molecule has 2 N–H and O–H groups in total. The molecule has 0 saturated carbocycles. The number of halogens is 1. The van der Waals surface area contributed by atoms with E-state index in [-0.39, 0.29) is 24.0 Å². The van der Waals surface area contributed by atoms with Crippen LogP contribution in [-0.2, 0) is 17.8 Å². The van der Waals surface area contributed by atoms with Crippen LogP contribution in [0.3, 0.4) is 0 Å². The van der Waals surface area contributed by atoms with E-state index >= 15 is 0 Å². The van der Waals surface area contributed by atoms with E-state index < -0.39 is 0 Å². The second kappa shape index (κ2) is 15.5. The van der Waals surface area contributed by atoms with Crippen molar-refractivity contribution in [2.45, 2.75) is 20.0 Å². The highest BCUT2D eigenvalue weighted by Crippen LogP contribution is 2.14.